The summed E-state index contributed by atoms with van der Waals surface area (Å²) in [6.45, 7) is 0. The molecule has 4 heteroatoms. The number of nitrogens with zero attached hydrogens (tertiary/aromatic N) is 1. The van der Waals surface area contributed by atoms with Gasteiger partial charge in [0.2, 0.25) is 0 Å². The van der Waals surface area contributed by atoms with Crippen LogP contribution in [-0.4, -0.2) is 10.9 Å². The van der Waals surface area contributed by atoms with E-state index in [1.807, 2.05) is 7.05 Å². The van der Waals surface area contributed by atoms with Crippen molar-refractivity contribution in [3.63, 3.8) is 0 Å². The Morgan fingerprint density at radius 1 is 1.50 bits per heavy atom. The number of aldehydes is 1. The fraction of sp³-hybridized carbons (Fsp3) is 0.100. The fourth-order valence-electron chi connectivity index (χ4n) is 1.50. The molecule has 0 aliphatic heterocycles. The lowest BCUT2D eigenvalue weighted by atomic mass is 10.2. The topological polar surface area (TPSA) is 22.0 Å². The van der Waals surface area contributed by atoms with Crippen LogP contribution in [0.15, 0.2) is 22.8 Å². The highest BCUT2D eigenvalue weighted by Gasteiger charge is 2.09. The molecule has 0 amide bonds. The van der Waals surface area contributed by atoms with Gasteiger partial charge in [0.25, 0.3) is 0 Å². The molecule has 0 unspecified atom stereocenters. The molecule has 72 valence electrons. The third-order valence-corrected chi connectivity index (χ3v) is 2.80. The molecule has 1 heterocycles. The van der Waals surface area contributed by atoms with Crippen LogP contribution in [-0.2, 0) is 7.05 Å². The van der Waals surface area contributed by atoms with Crippen LogP contribution >= 0.6 is 15.9 Å². The summed E-state index contributed by atoms with van der Waals surface area (Å²) in [7, 11) is 1.82. The Labute approximate surface area is 88.5 Å². The molecule has 0 saturated carbocycles. The van der Waals surface area contributed by atoms with Gasteiger partial charge in [-0.25, -0.2) is 4.39 Å². The number of halogens is 2. The molecule has 0 bridgehead atoms. The summed E-state index contributed by atoms with van der Waals surface area (Å²) in [5.41, 5.74) is 1.34. The average Bonchev–Trinajstić information content (AvgIpc) is 2.45. The van der Waals surface area contributed by atoms with Crippen molar-refractivity contribution in [2.24, 2.45) is 7.05 Å². The molecule has 0 fully saturated rings. The maximum atomic E-state index is 13.2. The van der Waals surface area contributed by atoms with Gasteiger partial charge < -0.3 is 4.57 Å². The second-order valence-electron chi connectivity index (χ2n) is 3.10. The second-order valence-corrected chi connectivity index (χ2v) is 3.95. The Kier molecular flexibility index (Phi) is 2.15. The van der Waals surface area contributed by atoms with Crippen LogP contribution in [0.2, 0.25) is 0 Å². The van der Waals surface area contributed by atoms with E-state index in [2.05, 4.69) is 15.9 Å². The lowest BCUT2D eigenvalue weighted by Gasteiger charge is -1.98. The number of aromatic nitrogens is 1. The predicted octanol–water partition coefficient (Wildman–Crippen LogP) is 2.89. The van der Waals surface area contributed by atoms with E-state index in [0.29, 0.717) is 15.4 Å². The van der Waals surface area contributed by atoms with E-state index >= 15 is 0 Å². The molecular weight excluding hydrogens is 249 g/mol. The van der Waals surface area contributed by atoms with Gasteiger partial charge >= 0.3 is 0 Å². The van der Waals surface area contributed by atoms with Crippen molar-refractivity contribution in [3.05, 3.63) is 34.2 Å². The Morgan fingerprint density at radius 3 is 2.86 bits per heavy atom. The molecule has 0 N–H and O–H groups in total. The molecule has 2 aromatic rings. The summed E-state index contributed by atoms with van der Waals surface area (Å²) in [6, 6.07) is 3.03. The first-order valence-corrected chi connectivity index (χ1v) is 4.82. The minimum atomic E-state index is -0.355. The summed E-state index contributed by atoms with van der Waals surface area (Å²) in [4.78, 5) is 10.7. The maximum Gasteiger partial charge on any atom is 0.152 e. The highest BCUT2D eigenvalue weighted by molar-refractivity contribution is 9.10. The lowest BCUT2D eigenvalue weighted by Crippen LogP contribution is -1.84. The van der Waals surface area contributed by atoms with E-state index in [1.165, 1.54) is 6.07 Å². The number of aryl methyl sites for hydroxylation is 1. The average molecular weight is 256 g/mol. The molecule has 0 atom stereocenters. The number of rotatable bonds is 1. The smallest absolute Gasteiger partial charge is 0.152 e. The first kappa shape index (κ1) is 9.40. The molecule has 1 aromatic carbocycles. The Hall–Kier alpha value is -1.16. The van der Waals surface area contributed by atoms with Gasteiger partial charge in [-0.05, 0) is 28.1 Å². The van der Waals surface area contributed by atoms with Crippen LogP contribution in [0.5, 0.6) is 0 Å². The fourth-order valence-corrected chi connectivity index (χ4v) is 1.83. The zero-order chi connectivity index (χ0) is 10.3. The number of fused-ring (bicyclic) bond motifs is 1. The molecule has 0 aliphatic rings. The molecule has 0 aliphatic carbocycles. The van der Waals surface area contributed by atoms with Crippen LogP contribution in [0, 0.1) is 5.82 Å². The monoisotopic (exact) mass is 255 g/mol. The summed E-state index contributed by atoms with van der Waals surface area (Å²) >= 11 is 3.10. The normalized spacial score (nSPS) is 10.8. The van der Waals surface area contributed by atoms with Crippen LogP contribution in [0.4, 0.5) is 4.39 Å². The minimum absolute atomic E-state index is 0.355. The van der Waals surface area contributed by atoms with Crippen molar-refractivity contribution in [1.82, 2.24) is 4.57 Å². The first-order valence-electron chi connectivity index (χ1n) is 4.02. The van der Waals surface area contributed by atoms with Crippen molar-refractivity contribution >= 4 is 33.1 Å². The number of hydrogen-bond acceptors (Lipinski definition) is 1. The van der Waals surface area contributed by atoms with Crippen LogP contribution < -0.4 is 0 Å². The van der Waals surface area contributed by atoms with E-state index in [9.17, 15) is 9.18 Å². The standard InChI is InChI=1S/C10H7BrFNO/c1-13-4-6(5-14)7-2-9(12)8(11)3-10(7)13/h2-5H,1H3. The highest BCUT2D eigenvalue weighted by atomic mass is 79.9. The molecular formula is C10H7BrFNO. The van der Waals surface area contributed by atoms with Gasteiger partial charge in [-0.1, -0.05) is 0 Å². The third-order valence-electron chi connectivity index (χ3n) is 2.19. The van der Waals surface area contributed by atoms with Gasteiger partial charge in [0.15, 0.2) is 6.29 Å². The van der Waals surface area contributed by atoms with Gasteiger partial charge in [-0.2, -0.15) is 0 Å². The molecule has 2 nitrogen and oxygen atoms in total. The van der Waals surface area contributed by atoms with Gasteiger partial charge in [0, 0.05) is 29.7 Å². The largest absolute Gasteiger partial charge is 0.350 e. The molecule has 0 saturated heterocycles. The van der Waals surface area contributed by atoms with Gasteiger partial charge in [-0.15, -0.1) is 0 Å². The van der Waals surface area contributed by atoms with E-state index in [1.54, 1.807) is 16.8 Å². The van der Waals surface area contributed by atoms with Crippen molar-refractivity contribution in [2.75, 3.05) is 0 Å². The summed E-state index contributed by atoms with van der Waals surface area (Å²) in [5.74, 6) is -0.355. The highest BCUT2D eigenvalue weighted by Crippen LogP contribution is 2.26. The number of benzene rings is 1. The molecule has 0 spiro atoms. The lowest BCUT2D eigenvalue weighted by molar-refractivity contribution is 0.112. The van der Waals surface area contributed by atoms with Crippen LogP contribution in [0.3, 0.4) is 0 Å². The van der Waals surface area contributed by atoms with E-state index in [4.69, 9.17) is 0 Å². The third kappa shape index (κ3) is 1.26. The van der Waals surface area contributed by atoms with Crippen LogP contribution in [0.1, 0.15) is 10.4 Å². The summed E-state index contributed by atoms with van der Waals surface area (Å²) in [5, 5.41) is 0.642. The van der Waals surface area contributed by atoms with E-state index < -0.39 is 0 Å². The number of carbonyl (C=O) groups is 1. The van der Waals surface area contributed by atoms with Crippen molar-refractivity contribution < 1.29 is 9.18 Å². The van der Waals surface area contributed by atoms with Gasteiger partial charge in [0.1, 0.15) is 5.82 Å². The van der Waals surface area contributed by atoms with Crippen molar-refractivity contribution in [2.45, 2.75) is 0 Å². The van der Waals surface area contributed by atoms with Crippen LogP contribution in [0.25, 0.3) is 10.9 Å². The summed E-state index contributed by atoms with van der Waals surface area (Å²) < 4.78 is 15.4. The molecule has 2 rings (SSSR count). The predicted molar refractivity (Wildman–Crippen MR) is 56.0 cm³/mol. The molecule has 14 heavy (non-hydrogen) atoms. The molecule has 0 radical (unpaired) electrons. The molecule has 1 aromatic heterocycles. The Balaban J connectivity index is 2.90. The van der Waals surface area contributed by atoms with E-state index in [-0.39, 0.29) is 5.82 Å². The second kappa shape index (κ2) is 3.20. The zero-order valence-corrected chi connectivity index (χ0v) is 9.01. The van der Waals surface area contributed by atoms with Gasteiger partial charge in [-0.3, -0.25) is 4.79 Å². The maximum absolute atomic E-state index is 13.2. The van der Waals surface area contributed by atoms with Crippen molar-refractivity contribution in [1.29, 1.82) is 0 Å². The number of hydrogen-bond donors (Lipinski definition) is 0. The van der Waals surface area contributed by atoms with Crippen molar-refractivity contribution in [3.8, 4) is 0 Å². The Bertz CT molecular complexity index is 518. The Morgan fingerprint density at radius 2 is 2.21 bits per heavy atom. The SMILES string of the molecule is Cn1cc(C=O)c2cc(F)c(Br)cc21. The summed E-state index contributed by atoms with van der Waals surface area (Å²) in [6.07, 6.45) is 2.42. The zero-order valence-electron chi connectivity index (χ0n) is 7.42. The number of carbonyl (C=O) groups excluding carboxylic acids is 1. The first-order chi connectivity index (χ1) is 6.63. The minimum Gasteiger partial charge on any atom is -0.350 e. The van der Waals surface area contributed by atoms with E-state index in [0.717, 1.165) is 11.8 Å². The quantitative estimate of drug-likeness (QED) is 0.719. The van der Waals surface area contributed by atoms with Gasteiger partial charge in [0.05, 0.1) is 4.47 Å².